The van der Waals surface area contributed by atoms with Crippen LogP contribution in [0, 0.1) is 0 Å². The summed E-state index contributed by atoms with van der Waals surface area (Å²) in [6.45, 7) is 4.70. The number of benzene rings is 7. The zero-order valence-electron chi connectivity index (χ0n) is 24.9. The minimum atomic E-state index is -0.0101. The van der Waals surface area contributed by atoms with Crippen LogP contribution in [0.25, 0.3) is 71.6 Å². The minimum Gasteiger partial charge on any atom is -0.309 e. The van der Waals surface area contributed by atoms with Crippen molar-refractivity contribution >= 4 is 32.6 Å². The highest BCUT2D eigenvalue weighted by Crippen LogP contribution is 2.49. The van der Waals surface area contributed by atoms with Crippen molar-refractivity contribution in [2.75, 3.05) is 0 Å². The summed E-state index contributed by atoms with van der Waals surface area (Å²) in [5.41, 5.74) is 14.1. The second kappa shape index (κ2) is 9.30. The molecule has 1 nitrogen and oxygen atoms in total. The number of rotatable bonds is 3. The molecular formula is C43H31N. The summed E-state index contributed by atoms with van der Waals surface area (Å²) in [4.78, 5) is 0. The average molecular weight is 562 g/mol. The summed E-state index contributed by atoms with van der Waals surface area (Å²) in [6.07, 6.45) is 0. The zero-order chi connectivity index (χ0) is 29.4. The van der Waals surface area contributed by atoms with Gasteiger partial charge in [-0.25, -0.2) is 0 Å². The van der Waals surface area contributed by atoms with Crippen molar-refractivity contribution in [3.8, 4) is 39.1 Å². The molecule has 1 aliphatic rings. The zero-order valence-corrected chi connectivity index (χ0v) is 24.9. The van der Waals surface area contributed by atoms with Crippen LogP contribution in [0.4, 0.5) is 0 Å². The van der Waals surface area contributed by atoms with Crippen LogP contribution in [0.15, 0.2) is 152 Å². The van der Waals surface area contributed by atoms with Crippen LogP contribution in [0.3, 0.4) is 0 Å². The van der Waals surface area contributed by atoms with E-state index >= 15 is 0 Å². The van der Waals surface area contributed by atoms with Gasteiger partial charge in [0.05, 0.1) is 11.0 Å². The van der Waals surface area contributed by atoms with Crippen LogP contribution in [0.1, 0.15) is 25.0 Å². The van der Waals surface area contributed by atoms with Crippen LogP contribution in [0.2, 0.25) is 0 Å². The Morgan fingerprint density at radius 1 is 0.409 bits per heavy atom. The fourth-order valence-corrected chi connectivity index (χ4v) is 7.51. The van der Waals surface area contributed by atoms with E-state index in [-0.39, 0.29) is 5.41 Å². The van der Waals surface area contributed by atoms with Gasteiger partial charge in [0.25, 0.3) is 0 Å². The van der Waals surface area contributed by atoms with Crippen molar-refractivity contribution in [1.82, 2.24) is 4.57 Å². The molecule has 8 aromatic rings. The van der Waals surface area contributed by atoms with Gasteiger partial charge in [0.15, 0.2) is 0 Å². The Labute approximate surface area is 257 Å². The van der Waals surface area contributed by atoms with Gasteiger partial charge in [-0.15, -0.1) is 0 Å². The van der Waals surface area contributed by atoms with Gasteiger partial charge in [-0.05, 0) is 97.7 Å². The Kier molecular flexibility index (Phi) is 5.31. The molecule has 0 radical (unpaired) electrons. The molecule has 0 spiro atoms. The molecule has 0 aliphatic heterocycles. The maximum Gasteiger partial charge on any atom is 0.0541 e. The summed E-state index contributed by atoms with van der Waals surface area (Å²) in [6, 6.07) is 55.9. The molecule has 44 heavy (non-hydrogen) atoms. The van der Waals surface area contributed by atoms with Crippen molar-refractivity contribution in [3.05, 3.63) is 163 Å². The molecule has 0 atom stereocenters. The highest BCUT2D eigenvalue weighted by Gasteiger charge is 2.35. The normalized spacial score (nSPS) is 13.4. The lowest BCUT2D eigenvalue weighted by molar-refractivity contribution is 0.660. The Hall–Kier alpha value is -5.40. The number of hydrogen-bond acceptors (Lipinski definition) is 0. The molecule has 9 rings (SSSR count). The second-order valence-corrected chi connectivity index (χ2v) is 12.6. The van der Waals surface area contributed by atoms with Gasteiger partial charge in [-0.3, -0.25) is 0 Å². The van der Waals surface area contributed by atoms with E-state index in [9.17, 15) is 0 Å². The molecule has 0 saturated carbocycles. The van der Waals surface area contributed by atoms with E-state index in [1.165, 1.54) is 82.8 Å². The van der Waals surface area contributed by atoms with Gasteiger partial charge in [-0.1, -0.05) is 123 Å². The Balaban J connectivity index is 1.16. The molecule has 0 unspecified atom stereocenters. The lowest BCUT2D eigenvalue weighted by Crippen LogP contribution is -2.14. The monoisotopic (exact) mass is 561 g/mol. The molecule has 0 fully saturated rings. The van der Waals surface area contributed by atoms with Gasteiger partial charge in [0.1, 0.15) is 0 Å². The first kappa shape index (κ1) is 25.1. The van der Waals surface area contributed by atoms with Gasteiger partial charge >= 0.3 is 0 Å². The molecule has 1 aromatic heterocycles. The molecule has 1 heteroatoms. The first-order chi connectivity index (χ1) is 21.6. The molecule has 0 N–H and O–H groups in total. The van der Waals surface area contributed by atoms with Gasteiger partial charge < -0.3 is 4.57 Å². The van der Waals surface area contributed by atoms with Gasteiger partial charge in [0.2, 0.25) is 0 Å². The Bertz CT molecular complexity index is 2420. The predicted octanol–water partition coefficient (Wildman–Crippen LogP) is 11.6. The molecule has 1 heterocycles. The van der Waals surface area contributed by atoms with E-state index in [1.54, 1.807) is 0 Å². The number of aromatic nitrogens is 1. The molecule has 0 saturated heterocycles. The summed E-state index contributed by atoms with van der Waals surface area (Å²) in [5.74, 6) is 0. The topological polar surface area (TPSA) is 4.93 Å². The molecule has 0 amide bonds. The maximum absolute atomic E-state index is 2.41. The number of fused-ring (bicyclic) bond motifs is 7. The van der Waals surface area contributed by atoms with E-state index < -0.39 is 0 Å². The van der Waals surface area contributed by atoms with E-state index in [0.717, 1.165) is 0 Å². The summed E-state index contributed by atoms with van der Waals surface area (Å²) in [7, 11) is 0. The van der Waals surface area contributed by atoms with E-state index in [0.29, 0.717) is 0 Å². The van der Waals surface area contributed by atoms with Gasteiger partial charge in [0, 0.05) is 21.9 Å². The highest BCUT2D eigenvalue weighted by atomic mass is 15.0. The first-order valence-corrected chi connectivity index (χ1v) is 15.4. The third-order valence-electron chi connectivity index (χ3n) is 9.78. The third kappa shape index (κ3) is 3.66. The van der Waals surface area contributed by atoms with Crippen LogP contribution in [-0.4, -0.2) is 4.57 Å². The summed E-state index contributed by atoms with van der Waals surface area (Å²) < 4.78 is 2.40. The highest BCUT2D eigenvalue weighted by molar-refractivity contribution is 6.10. The van der Waals surface area contributed by atoms with Gasteiger partial charge in [-0.2, -0.15) is 0 Å². The fraction of sp³-hybridized carbons (Fsp3) is 0.0698. The number of nitrogens with zero attached hydrogens (tertiary/aromatic N) is 1. The first-order valence-electron chi connectivity index (χ1n) is 15.4. The van der Waals surface area contributed by atoms with E-state index in [4.69, 9.17) is 0 Å². The molecular weight excluding hydrogens is 530 g/mol. The third-order valence-corrected chi connectivity index (χ3v) is 9.78. The molecule has 1 aliphatic carbocycles. The van der Waals surface area contributed by atoms with Crippen LogP contribution in [0.5, 0.6) is 0 Å². The van der Waals surface area contributed by atoms with Crippen molar-refractivity contribution in [2.24, 2.45) is 0 Å². The van der Waals surface area contributed by atoms with Crippen LogP contribution >= 0.6 is 0 Å². The SMILES string of the molecule is CC1(C)c2ccccc2-c2ccc(-c3cccc(-c4ccc5c(c4)c4ccccc4n5-c4ccc5ccccc5c4)c3)cc21. The second-order valence-electron chi connectivity index (χ2n) is 12.6. The minimum absolute atomic E-state index is 0.0101. The fourth-order valence-electron chi connectivity index (χ4n) is 7.51. The summed E-state index contributed by atoms with van der Waals surface area (Å²) in [5, 5.41) is 5.06. The molecule has 208 valence electrons. The predicted molar refractivity (Wildman–Crippen MR) is 187 cm³/mol. The quantitative estimate of drug-likeness (QED) is 0.202. The Morgan fingerprint density at radius 3 is 1.95 bits per heavy atom. The summed E-state index contributed by atoms with van der Waals surface area (Å²) >= 11 is 0. The van der Waals surface area contributed by atoms with Crippen molar-refractivity contribution in [1.29, 1.82) is 0 Å². The maximum atomic E-state index is 2.41. The number of para-hydroxylation sites is 1. The van der Waals surface area contributed by atoms with E-state index in [1.807, 2.05) is 0 Å². The number of hydrogen-bond donors (Lipinski definition) is 0. The average Bonchev–Trinajstić information content (AvgIpc) is 3.53. The standard InChI is InChI=1S/C43H31N/c1-43(2)39-16-7-5-14-35(39)36-22-19-33(27-40(36)43)30-13-9-12-29(24-30)32-20-23-42-38(26-32)37-15-6-8-17-41(37)44(42)34-21-18-28-10-3-4-11-31(28)25-34/h3-27H,1-2H3. The molecule has 7 aromatic carbocycles. The lowest BCUT2D eigenvalue weighted by Gasteiger charge is -2.22. The van der Waals surface area contributed by atoms with Crippen LogP contribution in [-0.2, 0) is 5.41 Å². The lowest BCUT2D eigenvalue weighted by atomic mass is 9.81. The van der Waals surface area contributed by atoms with E-state index in [2.05, 4.69) is 170 Å². The molecule has 0 bridgehead atoms. The largest absolute Gasteiger partial charge is 0.309 e. The van der Waals surface area contributed by atoms with Crippen molar-refractivity contribution in [3.63, 3.8) is 0 Å². The van der Waals surface area contributed by atoms with Crippen LogP contribution < -0.4 is 0 Å². The van der Waals surface area contributed by atoms with Crippen molar-refractivity contribution < 1.29 is 0 Å². The smallest absolute Gasteiger partial charge is 0.0541 e. The Morgan fingerprint density at radius 2 is 1.07 bits per heavy atom. The van der Waals surface area contributed by atoms with Crippen molar-refractivity contribution in [2.45, 2.75) is 19.3 Å².